The lowest BCUT2D eigenvalue weighted by molar-refractivity contribution is -0.148. The molecule has 1 N–H and O–H groups in total. The van der Waals surface area contributed by atoms with Gasteiger partial charge in [-0.2, -0.15) is 0 Å². The summed E-state index contributed by atoms with van der Waals surface area (Å²) in [7, 11) is 6.26. The van der Waals surface area contributed by atoms with Gasteiger partial charge in [-0.15, -0.1) is 0 Å². The van der Waals surface area contributed by atoms with E-state index in [1.54, 1.807) is 13.8 Å². The van der Waals surface area contributed by atoms with Crippen LogP contribution in [-0.2, 0) is 4.79 Å². The van der Waals surface area contributed by atoms with Gasteiger partial charge in [-0.05, 0) is 54.3 Å². The molecule has 4 nitrogen and oxygen atoms in total. The van der Waals surface area contributed by atoms with E-state index in [-0.39, 0.29) is 5.54 Å². The van der Waals surface area contributed by atoms with E-state index in [1.165, 1.54) is 19.3 Å². The first kappa shape index (κ1) is 14.5. The van der Waals surface area contributed by atoms with Gasteiger partial charge in [-0.1, -0.05) is 0 Å². The Hall–Kier alpha value is -0.610. The largest absolute Gasteiger partial charge is 0.481 e. The van der Waals surface area contributed by atoms with E-state index < -0.39 is 11.4 Å². The molecule has 100 valence electrons. The van der Waals surface area contributed by atoms with E-state index in [9.17, 15) is 4.79 Å². The first-order valence-electron chi connectivity index (χ1n) is 6.29. The van der Waals surface area contributed by atoms with Crippen molar-refractivity contribution in [1.82, 2.24) is 9.80 Å². The van der Waals surface area contributed by atoms with E-state index in [0.29, 0.717) is 6.54 Å². The molecule has 0 amide bonds. The number of carbonyl (C=O) groups is 1. The summed E-state index contributed by atoms with van der Waals surface area (Å²) in [5.41, 5.74) is -0.407. The number of rotatable bonds is 6. The fourth-order valence-corrected chi connectivity index (χ4v) is 2.63. The van der Waals surface area contributed by atoms with Crippen LogP contribution in [0.2, 0.25) is 0 Å². The Labute approximate surface area is 105 Å². The van der Waals surface area contributed by atoms with Crippen molar-refractivity contribution in [1.29, 1.82) is 0 Å². The zero-order valence-electron chi connectivity index (χ0n) is 11.8. The van der Waals surface area contributed by atoms with Crippen molar-refractivity contribution in [3.63, 3.8) is 0 Å². The molecule has 1 saturated carbocycles. The van der Waals surface area contributed by atoms with Crippen LogP contribution in [0.4, 0.5) is 0 Å². The highest BCUT2D eigenvalue weighted by molar-refractivity contribution is 5.73. The maximum Gasteiger partial charge on any atom is 0.310 e. The van der Waals surface area contributed by atoms with Crippen LogP contribution in [0.1, 0.15) is 33.1 Å². The highest BCUT2D eigenvalue weighted by atomic mass is 16.4. The van der Waals surface area contributed by atoms with Crippen molar-refractivity contribution in [2.24, 2.45) is 5.41 Å². The topological polar surface area (TPSA) is 43.8 Å². The molecule has 0 aromatic rings. The molecular formula is C13H26N2O2. The Balaban J connectivity index is 2.55. The maximum absolute atomic E-state index is 11.1. The van der Waals surface area contributed by atoms with E-state index >= 15 is 0 Å². The predicted octanol–water partition coefficient (Wildman–Crippen LogP) is 1.51. The van der Waals surface area contributed by atoms with Crippen molar-refractivity contribution in [2.45, 2.75) is 38.6 Å². The number of carboxylic acid groups (broad SMARTS) is 1. The standard InChI is InChI=1S/C13H26N2O2/c1-12(2,11(16)17)9-15(5)10-13(14(3)4)7-6-8-13/h6-10H2,1-5H3,(H,16,17). The molecule has 0 atom stereocenters. The summed E-state index contributed by atoms with van der Waals surface area (Å²) in [5.74, 6) is -0.725. The summed E-state index contributed by atoms with van der Waals surface area (Å²) in [5, 5.41) is 9.13. The Bertz CT molecular complexity index is 283. The maximum atomic E-state index is 11.1. The minimum atomic E-state index is -0.725. The second-order valence-corrected chi connectivity index (χ2v) is 6.33. The van der Waals surface area contributed by atoms with Crippen LogP contribution in [0.25, 0.3) is 0 Å². The molecule has 0 radical (unpaired) electrons. The van der Waals surface area contributed by atoms with Crippen LogP contribution in [0.15, 0.2) is 0 Å². The zero-order chi connectivity index (χ0) is 13.3. The van der Waals surface area contributed by atoms with Crippen LogP contribution < -0.4 is 0 Å². The molecule has 17 heavy (non-hydrogen) atoms. The van der Waals surface area contributed by atoms with Crippen molar-refractivity contribution in [3.8, 4) is 0 Å². The number of nitrogens with zero attached hydrogens (tertiary/aromatic N) is 2. The van der Waals surface area contributed by atoms with Gasteiger partial charge in [-0.3, -0.25) is 4.79 Å². The zero-order valence-corrected chi connectivity index (χ0v) is 11.8. The average Bonchev–Trinajstić information content (AvgIpc) is 2.09. The molecule has 1 aliphatic rings. The second kappa shape index (κ2) is 4.94. The lowest BCUT2D eigenvalue weighted by Crippen LogP contribution is -2.57. The highest BCUT2D eigenvalue weighted by Crippen LogP contribution is 2.37. The fraction of sp³-hybridized carbons (Fsp3) is 0.923. The van der Waals surface area contributed by atoms with E-state index in [0.717, 1.165) is 6.54 Å². The monoisotopic (exact) mass is 242 g/mol. The molecule has 4 heteroatoms. The molecule has 0 aromatic carbocycles. The SMILES string of the molecule is CN(CC(C)(C)C(=O)O)CC1(N(C)C)CCC1. The van der Waals surface area contributed by atoms with Crippen molar-refractivity contribution in [2.75, 3.05) is 34.2 Å². The summed E-state index contributed by atoms with van der Waals surface area (Å²) in [6.07, 6.45) is 3.73. The van der Waals surface area contributed by atoms with Crippen LogP contribution in [0.5, 0.6) is 0 Å². The third kappa shape index (κ3) is 3.19. The van der Waals surface area contributed by atoms with Gasteiger partial charge in [0.2, 0.25) is 0 Å². The first-order chi connectivity index (χ1) is 7.69. The van der Waals surface area contributed by atoms with Gasteiger partial charge >= 0.3 is 5.97 Å². The van der Waals surface area contributed by atoms with Crippen molar-refractivity contribution in [3.05, 3.63) is 0 Å². The molecular weight excluding hydrogens is 216 g/mol. The molecule has 1 rings (SSSR count). The van der Waals surface area contributed by atoms with Crippen LogP contribution in [-0.4, -0.2) is 60.6 Å². The van der Waals surface area contributed by atoms with Crippen LogP contribution in [0, 0.1) is 5.41 Å². The Morgan fingerprint density at radius 2 is 1.82 bits per heavy atom. The normalized spacial score (nSPS) is 19.5. The number of likely N-dealkylation sites (N-methyl/N-ethyl adjacent to an activating group) is 2. The summed E-state index contributed by atoms with van der Waals surface area (Å²) >= 11 is 0. The minimum absolute atomic E-state index is 0.267. The molecule has 0 aliphatic heterocycles. The first-order valence-corrected chi connectivity index (χ1v) is 6.29. The summed E-state index contributed by atoms with van der Waals surface area (Å²) in [6.45, 7) is 5.12. The molecule has 1 aliphatic carbocycles. The van der Waals surface area contributed by atoms with Crippen LogP contribution >= 0.6 is 0 Å². The Morgan fingerprint density at radius 3 is 2.12 bits per heavy atom. The summed E-state index contributed by atoms with van der Waals surface area (Å²) in [6, 6.07) is 0. The number of hydrogen-bond donors (Lipinski definition) is 1. The van der Waals surface area contributed by atoms with Gasteiger partial charge in [0, 0.05) is 18.6 Å². The quantitative estimate of drug-likeness (QED) is 0.767. The number of carboxylic acids is 1. The molecule has 0 spiro atoms. The van der Waals surface area contributed by atoms with Crippen molar-refractivity contribution < 1.29 is 9.90 Å². The Kier molecular flexibility index (Phi) is 4.20. The van der Waals surface area contributed by atoms with Gasteiger partial charge in [0.1, 0.15) is 0 Å². The molecule has 0 heterocycles. The average molecular weight is 242 g/mol. The smallest absolute Gasteiger partial charge is 0.310 e. The molecule has 1 fully saturated rings. The molecule has 0 bridgehead atoms. The third-order valence-electron chi connectivity index (χ3n) is 4.04. The van der Waals surface area contributed by atoms with E-state index in [2.05, 4.69) is 23.9 Å². The summed E-state index contributed by atoms with van der Waals surface area (Å²) < 4.78 is 0. The number of aliphatic carboxylic acids is 1. The third-order valence-corrected chi connectivity index (χ3v) is 4.04. The molecule has 0 unspecified atom stereocenters. The van der Waals surface area contributed by atoms with Crippen molar-refractivity contribution >= 4 is 5.97 Å². The predicted molar refractivity (Wildman–Crippen MR) is 69.2 cm³/mol. The van der Waals surface area contributed by atoms with Gasteiger partial charge in [-0.25, -0.2) is 0 Å². The van der Waals surface area contributed by atoms with E-state index in [4.69, 9.17) is 5.11 Å². The lowest BCUT2D eigenvalue weighted by atomic mass is 9.75. The fourth-order valence-electron chi connectivity index (χ4n) is 2.63. The lowest BCUT2D eigenvalue weighted by Gasteiger charge is -2.49. The van der Waals surface area contributed by atoms with Gasteiger partial charge in [0.15, 0.2) is 0 Å². The molecule has 0 saturated heterocycles. The van der Waals surface area contributed by atoms with Gasteiger partial charge in [0.05, 0.1) is 5.41 Å². The van der Waals surface area contributed by atoms with Crippen LogP contribution in [0.3, 0.4) is 0 Å². The van der Waals surface area contributed by atoms with Gasteiger partial charge < -0.3 is 14.9 Å². The van der Waals surface area contributed by atoms with E-state index in [1.807, 2.05) is 7.05 Å². The second-order valence-electron chi connectivity index (χ2n) is 6.33. The molecule has 0 aromatic heterocycles. The van der Waals surface area contributed by atoms with Gasteiger partial charge in [0.25, 0.3) is 0 Å². The Morgan fingerprint density at radius 1 is 1.29 bits per heavy atom. The highest BCUT2D eigenvalue weighted by Gasteiger charge is 2.41. The minimum Gasteiger partial charge on any atom is -0.481 e. The number of hydrogen-bond acceptors (Lipinski definition) is 3. The summed E-state index contributed by atoms with van der Waals surface area (Å²) in [4.78, 5) is 15.6.